The molecule has 0 aromatic rings. The predicted octanol–water partition coefficient (Wildman–Crippen LogP) is 0.917. The van der Waals surface area contributed by atoms with Crippen molar-refractivity contribution in [2.45, 2.75) is 39.2 Å². The number of carbonyl (C=O) groups is 1. The summed E-state index contributed by atoms with van der Waals surface area (Å²) in [4.78, 5) is 11.5. The van der Waals surface area contributed by atoms with Crippen LogP contribution in [0.25, 0.3) is 0 Å². The van der Waals surface area contributed by atoms with Gasteiger partial charge < -0.3 is 15.4 Å². The summed E-state index contributed by atoms with van der Waals surface area (Å²) in [5, 5.41) is 6.13. The first-order valence-electron chi connectivity index (χ1n) is 6.37. The zero-order valence-corrected chi connectivity index (χ0v) is 10.4. The third-order valence-electron chi connectivity index (χ3n) is 3.09. The molecule has 0 spiro atoms. The first-order valence-corrected chi connectivity index (χ1v) is 6.37. The van der Waals surface area contributed by atoms with E-state index < -0.39 is 0 Å². The topological polar surface area (TPSA) is 50.4 Å². The van der Waals surface area contributed by atoms with Crippen LogP contribution < -0.4 is 10.6 Å². The van der Waals surface area contributed by atoms with Crippen molar-refractivity contribution in [3.8, 4) is 0 Å². The van der Waals surface area contributed by atoms with E-state index in [1.807, 2.05) is 6.92 Å². The molecular formula is C12H24N2O2. The van der Waals surface area contributed by atoms with Gasteiger partial charge in [-0.05, 0) is 19.4 Å². The van der Waals surface area contributed by atoms with Gasteiger partial charge in [-0.1, -0.05) is 13.8 Å². The van der Waals surface area contributed by atoms with Crippen molar-refractivity contribution < 1.29 is 9.53 Å². The minimum Gasteiger partial charge on any atom is -0.378 e. The lowest BCUT2D eigenvalue weighted by molar-refractivity contribution is -0.121. The van der Waals surface area contributed by atoms with E-state index in [9.17, 15) is 4.79 Å². The van der Waals surface area contributed by atoms with Crippen molar-refractivity contribution in [2.75, 3.05) is 26.2 Å². The minimum absolute atomic E-state index is 0.141. The van der Waals surface area contributed by atoms with Gasteiger partial charge in [-0.3, -0.25) is 4.79 Å². The van der Waals surface area contributed by atoms with E-state index in [4.69, 9.17) is 4.74 Å². The maximum atomic E-state index is 11.5. The molecule has 0 saturated carbocycles. The lowest BCUT2D eigenvalue weighted by Gasteiger charge is -2.17. The van der Waals surface area contributed by atoms with Crippen LogP contribution in [0.3, 0.4) is 0 Å². The highest BCUT2D eigenvalue weighted by Gasteiger charge is 2.26. The Bertz CT molecular complexity index is 209. The number of carbonyl (C=O) groups excluding carboxylic acids is 1. The highest BCUT2D eigenvalue weighted by molar-refractivity contribution is 5.76. The molecule has 2 N–H and O–H groups in total. The van der Waals surface area contributed by atoms with Gasteiger partial charge in [0.2, 0.25) is 5.91 Å². The van der Waals surface area contributed by atoms with Crippen LogP contribution in [0.2, 0.25) is 0 Å². The van der Waals surface area contributed by atoms with Gasteiger partial charge in [0.1, 0.15) is 0 Å². The largest absolute Gasteiger partial charge is 0.378 e. The molecule has 94 valence electrons. The fourth-order valence-corrected chi connectivity index (χ4v) is 2.09. The molecule has 1 aliphatic rings. The molecular weight excluding hydrogens is 204 g/mol. The molecule has 1 saturated heterocycles. The standard InChI is InChI=1S/C12H24N2O2/c1-3-11-10(6-8-16-11)9-14-12(15)5-7-13-4-2/h10-11,13H,3-9H2,1-2H3,(H,14,15). The van der Waals surface area contributed by atoms with Gasteiger partial charge in [0.15, 0.2) is 0 Å². The monoisotopic (exact) mass is 228 g/mol. The van der Waals surface area contributed by atoms with E-state index in [1.165, 1.54) is 0 Å². The van der Waals surface area contributed by atoms with Crippen molar-refractivity contribution in [3.05, 3.63) is 0 Å². The first-order chi connectivity index (χ1) is 7.77. The van der Waals surface area contributed by atoms with Gasteiger partial charge in [0.05, 0.1) is 6.10 Å². The number of ether oxygens (including phenoxy) is 1. The summed E-state index contributed by atoms with van der Waals surface area (Å²) in [7, 11) is 0. The lowest BCUT2D eigenvalue weighted by atomic mass is 10.00. The van der Waals surface area contributed by atoms with Crippen LogP contribution in [0.15, 0.2) is 0 Å². The Hall–Kier alpha value is -0.610. The molecule has 0 aromatic heterocycles. The number of hydrogen-bond donors (Lipinski definition) is 2. The van der Waals surface area contributed by atoms with Crippen LogP contribution in [0.4, 0.5) is 0 Å². The van der Waals surface area contributed by atoms with Crippen LogP contribution in [-0.2, 0) is 9.53 Å². The van der Waals surface area contributed by atoms with Crippen LogP contribution in [0.5, 0.6) is 0 Å². The number of amides is 1. The molecule has 0 bridgehead atoms. The Kier molecular flexibility index (Phi) is 6.42. The van der Waals surface area contributed by atoms with Crippen molar-refractivity contribution in [2.24, 2.45) is 5.92 Å². The van der Waals surface area contributed by atoms with Gasteiger partial charge in [0.25, 0.3) is 0 Å². The minimum atomic E-state index is 0.141. The zero-order chi connectivity index (χ0) is 11.8. The smallest absolute Gasteiger partial charge is 0.221 e. The number of rotatable bonds is 7. The molecule has 1 rings (SSSR count). The number of nitrogens with one attached hydrogen (secondary N) is 2. The highest BCUT2D eigenvalue weighted by atomic mass is 16.5. The fraction of sp³-hybridized carbons (Fsp3) is 0.917. The van der Waals surface area contributed by atoms with E-state index in [0.717, 1.165) is 39.1 Å². The van der Waals surface area contributed by atoms with Crippen molar-refractivity contribution in [3.63, 3.8) is 0 Å². The van der Waals surface area contributed by atoms with Crippen molar-refractivity contribution >= 4 is 5.91 Å². The third-order valence-corrected chi connectivity index (χ3v) is 3.09. The van der Waals surface area contributed by atoms with E-state index in [0.29, 0.717) is 18.4 Å². The van der Waals surface area contributed by atoms with Gasteiger partial charge >= 0.3 is 0 Å². The van der Waals surface area contributed by atoms with Gasteiger partial charge in [-0.15, -0.1) is 0 Å². The lowest BCUT2D eigenvalue weighted by Crippen LogP contribution is -2.34. The first kappa shape index (κ1) is 13.5. The highest BCUT2D eigenvalue weighted by Crippen LogP contribution is 2.22. The summed E-state index contributed by atoms with van der Waals surface area (Å²) in [5.74, 6) is 0.649. The normalized spacial score (nSPS) is 24.6. The summed E-state index contributed by atoms with van der Waals surface area (Å²) >= 11 is 0. The van der Waals surface area contributed by atoms with E-state index in [1.54, 1.807) is 0 Å². The quantitative estimate of drug-likeness (QED) is 0.637. The summed E-state index contributed by atoms with van der Waals surface area (Å²) < 4.78 is 5.58. The second-order valence-electron chi connectivity index (χ2n) is 4.27. The molecule has 4 heteroatoms. The molecule has 16 heavy (non-hydrogen) atoms. The maximum Gasteiger partial charge on any atom is 0.221 e. The molecule has 1 amide bonds. The molecule has 1 fully saturated rings. The molecule has 1 aliphatic heterocycles. The molecule has 0 aliphatic carbocycles. The molecule has 2 unspecified atom stereocenters. The molecule has 1 heterocycles. The van der Waals surface area contributed by atoms with Gasteiger partial charge in [0, 0.05) is 32.0 Å². The van der Waals surface area contributed by atoms with E-state index >= 15 is 0 Å². The summed E-state index contributed by atoms with van der Waals surface area (Å²) in [6, 6.07) is 0. The Morgan fingerprint density at radius 2 is 2.25 bits per heavy atom. The Balaban J connectivity index is 2.11. The summed E-state index contributed by atoms with van der Waals surface area (Å²) in [5.41, 5.74) is 0. The number of hydrogen-bond acceptors (Lipinski definition) is 3. The third kappa shape index (κ3) is 4.49. The summed E-state index contributed by atoms with van der Waals surface area (Å²) in [6.07, 6.45) is 3.02. The van der Waals surface area contributed by atoms with Crippen LogP contribution in [0.1, 0.15) is 33.1 Å². The molecule has 0 aromatic carbocycles. The summed E-state index contributed by atoms with van der Waals surface area (Å²) in [6.45, 7) is 7.47. The second-order valence-corrected chi connectivity index (χ2v) is 4.27. The van der Waals surface area contributed by atoms with Crippen LogP contribution in [0, 0.1) is 5.92 Å². The average Bonchev–Trinajstić information content (AvgIpc) is 2.74. The average molecular weight is 228 g/mol. The molecule has 4 nitrogen and oxygen atoms in total. The Labute approximate surface area is 98.1 Å². The SMILES string of the molecule is CCNCCC(=O)NCC1CCOC1CC. The zero-order valence-electron chi connectivity index (χ0n) is 10.4. The second kappa shape index (κ2) is 7.63. The van der Waals surface area contributed by atoms with Crippen LogP contribution in [-0.4, -0.2) is 38.3 Å². The Morgan fingerprint density at radius 1 is 1.44 bits per heavy atom. The van der Waals surface area contributed by atoms with Crippen molar-refractivity contribution in [1.29, 1.82) is 0 Å². The maximum absolute atomic E-state index is 11.5. The van der Waals surface area contributed by atoms with Crippen LogP contribution >= 0.6 is 0 Å². The Morgan fingerprint density at radius 3 is 2.94 bits per heavy atom. The molecule has 2 atom stereocenters. The van der Waals surface area contributed by atoms with Gasteiger partial charge in [-0.25, -0.2) is 0 Å². The molecule has 0 radical (unpaired) electrons. The van der Waals surface area contributed by atoms with Gasteiger partial charge in [-0.2, -0.15) is 0 Å². The fourth-order valence-electron chi connectivity index (χ4n) is 2.09. The van der Waals surface area contributed by atoms with E-state index in [2.05, 4.69) is 17.6 Å². The van der Waals surface area contributed by atoms with E-state index in [-0.39, 0.29) is 5.91 Å². The predicted molar refractivity (Wildman–Crippen MR) is 64.3 cm³/mol. The van der Waals surface area contributed by atoms with Crippen molar-refractivity contribution in [1.82, 2.24) is 10.6 Å².